The highest BCUT2D eigenvalue weighted by atomic mass is 16.1. The van der Waals surface area contributed by atoms with Gasteiger partial charge in [-0.25, -0.2) is 10.6 Å². The Labute approximate surface area is 137 Å². The first kappa shape index (κ1) is 17.4. The molecular formula is C18H25N3O2. The molecule has 124 valence electrons. The Hall–Kier alpha value is -1.91. The van der Waals surface area contributed by atoms with Gasteiger partial charge in [0.25, 0.3) is 0 Å². The molecule has 2 heterocycles. The van der Waals surface area contributed by atoms with Crippen molar-refractivity contribution in [1.82, 2.24) is 4.90 Å². The number of anilines is 1. The van der Waals surface area contributed by atoms with E-state index in [-0.39, 0.29) is 11.4 Å². The minimum Gasteiger partial charge on any atom is -0.412 e. The van der Waals surface area contributed by atoms with Gasteiger partial charge in [0.2, 0.25) is 0 Å². The summed E-state index contributed by atoms with van der Waals surface area (Å²) in [6.45, 7) is 5.39. The Kier molecular flexibility index (Phi) is 5.74. The molecule has 2 aliphatic rings. The molecule has 0 amide bonds. The number of fused-ring (bicyclic) bond motifs is 1. The lowest BCUT2D eigenvalue weighted by molar-refractivity contribution is 0.287. The fourth-order valence-corrected chi connectivity index (χ4v) is 3.42. The summed E-state index contributed by atoms with van der Waals surface area (Å²) in [6.07, 6.45) is 5.73. The highest BCUT2D eigenvalue weighted by molar-refractivity contribution is 5.77. The zero-order valence-electron chi connectivity index (χ0n) is 13.6. The maximum absolute atomic E-state index is 11.4. The lowest BCUT2D eigenvalue weighted by Gasteiger charge is -2.28. The second kappa shape index (κ2) is 7.57. The van der Waals surface area contributed by atoms with E-state index in [1.54, 1.807) is 0 Å². The minimum absolute atomic E-state index is 0. The molecule has 0 fully saturated rings. The summed E-state index contributed by atoms with van der Waals surface area (Å²) < 4.78 is 0. The molecule has 1 atom stereocenters. The zero-order chi connectivity index (χ0) is 15.5. The molecule has 3 rings (SSSR count). The molecule has 23 heavy (non-hydrogen) atoms. The first-order valence-electron chi connectivity index (χ1n) is 8.06. The summed E-state index contributed by atoms with van der Waals surface area (Å²) in [5.74, 6) is 8.13. The van der Waals surface area contributed by atoms with E-state index in [4.69, 9.17) is 5.84 Å². The number of rotatable bonds is 4. The van der Waals surface area contributed by atoms with Crippen LogP contribution in [0.25, 0.3) is 0 Å². The van der Waals surface area contributed by atoms with Crippen molar-refractivity contribution in [3.63, 3.8) is 0 Å². The van der Waals surface area contributed by atoms with Gasteiger partial charge in [0, 0.05) is 13.1 Å². The third kappa shape index (κ3) is 3.23. The molecule has 1 aromatic carbocycles. The lowest BCUT2D eigenvalue weighted by Crippen LogP contribution is -2.32. The van der Waals surface area contributed by atoms with Crippen molar-refractivity contribution in [2.24, 2.45) is 5.84 Å². The van der Waals surface area contributed by atoms with Gasteiger partial charge in [-0.15, -0.1) is 0 Å². The van der Waals surface area contributed by atoms with Crippen LogP contribution in [0.4, 0.5) is 5.69 Å². The number of hydrazine groups is 1. The van der Waals surface area contributed by atoms with Crippen LogP contribution in [0.2, 0.25) is 0 Å². The van der Waals surface area contributed by atoms with Crippen molar-refractivity contribution in [1.29, 1.82) is 0 Å². The quantitative estimate of drug-likeness (QED) is 0.522. The Bertz CT molecular complexity index is 635. The molecule has 2 aliphatic heterocycles. The van der Waals surface area contributed by atoms with Crippen LogP contribution in [0, 0.1) is 0 Å². The first-order valence-corrected chi connectivity index (χ1v) is 8.06. The molecule has 0 saturated heterocycles. The van der Waals surface area contributed by atoms with Gasteiger partial charge in [0.15, 0.2) is 0 Å². The highest BCUT2D eigenvalue weighted by Gasteiger charge is 2.36. The van der Waals surface area contributed by atoms with Crippen LogP contribution < -0.4 is 10.9 Å². The molecule has 0 aliphatic carbocycles. The van der Waals surface area contributed by atoms with Crippen LogP contribution in [0.3, 0.4) is 0 Å². The molecule has 4 N–H and O–H groups in total. The third-order valence-corrected chi connectivity index (χ3v) is 4.67. The number of carbonyl (C=O) groups excluding carboxylic acids is 1. The minimum atomic E-state index is -0.0213. The molecule has 5 nitrogen and oxygen atoms in total. The van der Waals surface area contributed by atoms with Gasteiger partial charge in [0.1, 0.15) is 11.6 Å². The monoisotopic (exact) mass is 315 g/mol. The average Bonchev–Trinajstić information content (AvgIpc) is 2.86. The van der Waals surface area contributed by atoms with Gasteiger partial charge >= 0.3 is 0 Å². The van der Waals surface area contributed by atoms with Gasteiger partial charge in [-0.3, -0.25) is 9.91 Å². The van der Waals surface area contributed by atoms with Gasteiger partial charge in [-0.2, -0.15) is 0 Å². The molecule has 1 unspecified atom stereocenters. The Balaban J connectivity index is 0.00000192. The van der Waals surface area contributed by atoms with Gasteiger partial charge in [-0.05, 0) is 31.0 Å². The SMILES string of the molecule is CCCCN1CC=C(C2C(=C=O)N(N)c3ccccc32)CC1.O. The largest absolute Gasteiger partial charge is 0.412 e. The van der Waals surface area contributed by atoms with Crippen LogP contribution in [-0.2, 0) is 4.79 Å². The van der Waals surface area contributed by atoms with E-state index < -0.39 is 0 Å². The van der Waals surface area contributed by atoms with Gasteiger partial charge in [0.05, 0.1) is 11.6 Å². The van der Waals surface area contributed by atoms with Crippen molar-refractivity contribution in [2.45, 2.75) is 32.1 Å². The van der Waals surface area contributed by atoms with Gasteiger partial charge < -0.3 is 5.48 Å². The van der Waals surface area contributed by atoms with Crippen LogP contribution in [0.1, 0.15) is 37.7 Å². The molecule has 0 radical (unpaired) electrons. The number of benzene rings is 1. The highest BCUT2D eigenvalue weighted by Crippen LogP contribution is 2.45. The molecule has 1 aromatic rings. The smallest absolute Gasteiger partial charge is 0.148 e. The summed E-state index contributed by atoms with van der Waals surface area (Å²) >= 11 is 0. The molecule has 5 heteroatoms. The topological polar surface area (TPSA) is 81.1 Å². The molecule has 0 spiro atoms. The van der Waals surface area contributed by atoms with Crippen LogP contribution in [0.5, 0.6) is 0 Å². The number of para-hydroxylation sites is 1. The Morgan fingerprint density at radius 2 is 2.13 bits per heavy atom. The van der Waals surface area contributed by atoms with E-state index >= 15 is 0 Å². The Morgan fingerprint density at radius 1 is 1.35 bits per heavy atom. The van der Waals surface area contributed by atoms with Gasteiger partial charge in [-0.1, -0.05) is 43.2 Å². The van der Waals surface area contributed by atoms with E-state index in [9.17, 15) is 4.79 Å². The van der Waals surface area contributed by atoms with E-state index in [1.165, 1.54) is 23.4 Å². The van der Waals surface area contributed by atoms with E-state index in [1.807, 2.05) is 18.2 Å². The maximum atomic E-state index is 11.4. The van der Waals surface area contributed by atoms with Crippen molar-refractivity contribution in [3.8, 4) is 0 Å². The summed E-state index contributed by atoms with van der Waals surface area (Å²) in [6, 6.07) is 7.98. The summed E-state index contributed by atoms with van der Waals surface area (Å²) in [4.78, 5) is 13.9. The maximum Gasteiger partial charge on any atom is 0.148 e. The molecule has 0 saturated carbocycles. The molecule has 0 bridgehead atoms. The average molecular weight is 315 g/mol. The standard InChI is InChI=1S/C18H23N3O.H2O/c1-2-3-10-20-11-8-14(9-12-20)18-15-6-4-5-7-16(15)21(19)17(18)13-22;/h4-8,18H,2-3,9-12,19H2,1H3;1H2. The van der Waals surface area contributed by atoms with E-state index in [2.05, 4.69) is 29.9 Å². The van der Waals surface area contributed by atoms with E-state index in [0.29, 0.717) is 5.70 Å². The van der Waals surface area contributed by atoms with Crippen molar-refractivity contribution < 1.29 is 10.3 Å². The van der Waals surface area contributed by atoms with Crippen molar-refractivity contribution >= 4 is 11.6 Å². The number of allylic oxidation sites excluding steroid dienone is 1. The lowest BCUT2D eigenvalue weighted by atomic mass is 9.87. The molecule has 0 aromatic heterocycles. The number of nitrogens with two attached hydrogens (primary N) is 1. The predicted octanol–water partition coefficient (Wildman–Crippen LogP) is 1.79. The summed E-state index contributed by atoms with van der Waals surface area (Å²) in [7, 11) is 0. The second-order valence-electron chi connectivity index (χ2n) is 6.03. The predicted molar refractivity (Wildman–Crippen MR) is 92.7 cm³/mol. The first-order chi connectivity index (χ1) is 10.8. The number of unbranched alkanes of at least 4 members (excludes halogenated alkanes) is 1. The Morgan fingerprint density at radius 3 is 2.78 bits per heavy atom. The van der Waals surface area contributed by atoms with Crippen molar-refractivity contribution in [2.75, 3.05) is 24.6 Å². The van der Waals surface area contributed by atoms with Crippen molar-refractivity contribution in [3.05, 3.63) is 47.2 Å². The number of hydrogen-bond acceptors (Lipinski definition) is 4. The summed E-state index contributed by atoms with van der Waals surface area (Å²) in [5.41, 5.74) is 3.87. The van der Waals surface area contributed by atoms with Crippen LogP contribution >= 0.6 is 0 Å². The zero-order valence-corrected chi connectivity index (χ0v) is 13.6. The second-order valence-corrected chi connectivity index (χ2v) is 6.03. The third-order valence-electron chi connectivity index (χ3n) is 4.67. The number of hydrogen-bond donors (Lipinski definition) is 1. The molecular weight excluding hydrogens is 290 g/mol. The van der Waals surface area contributed by atoms with Crippen LogP contribution in [0.15, 0.2) is 41.6 Å². The fourth-order valence-electron chi connectivity index (χ4n) is 3.42. The fraction of sp³-hybridized carbons (Fsp3) is 0.444. The van der Waals surface area contributed by atoms with Crippen LogP contribution in [-0.4, -0.2) is 36.0 Å². The number of nitrogens with zero attached hydrogens (tertiary/aromatic N) is 2. The summed E-state index contributed by atoms with van der Waals surface area (Å²) in [5, 5.41) is 1.50. The van der Waals surface area contributed by atoms with E-state index in [0.717, 1.165) is 37.3 Å². The normalized spacial score (nSPS) is 20.6.